The van der Waals surface area contributed by atoms with E-state index in [0.29, 0.717) is 17.8 Å². The van der Waals surface area contributed by atoms with Crippen LogP contribution in [-0.4, -0.2) is 22.6 Å². The summed E-state index contributed by atoms with van der Waals surface area (Å²) >= 11 is 0. The van der Waals surface area contributed by atoms with Gasteiger partial charge in [-0.2, -0.15) is 0 Å². The average molecular weight is 236 g/mol. The third-order valence-electron chi connectivity index (χ3n) is 2.83. The zero-order chi connectivity index (χ0) is 13.0. The quantitative estimate of drug-likeness (QED) is 0.854. The fraction of sp³-hybridized carbons (Fsp3) is 0.692. The van der Waals surface area contributed by atoms with Gasteiger partial charge in [0.15, 0.2) is 0 Å². The highest BCUT2D eigenvalue weighted by Crippen LogP contribution is 2.30. The molecule has 17 heavy (non-hydrogen) atoms. The highest BCUT2D eigenvalue weighted by molar-refractivity contribution is 5.58. The minimum Gasteiger partial charge on any atom is -0.383 e. The molecular weight excluding hydrogens is 212 g/mol. The number of rotatable bonds is 5. The molecule has 0 saturated heterocycles. The fourth-order valence-electron chi connectivity index (χ4n) is 2.03. The molecule has 96 valence electrons. The van der Waals surface area contributed by atoms with Gasteiger partial charge >= 0.3 is 0 Å². The van der Waals surface area contributed by atoms with Crippen LogP contribution in [0.3, 0.4) is 0 Å². The third kappa shape index (κ3) is 3.08. The van der Waals surface area contributed by atoms with Gasteiger partial charge in [-0.3, -0.25) is 0 Å². The van der Waals surface area contributed by atoms with E-state index in [4.69, 9.17) is 5.73 Å². The molecule has 0 atom stereocenters. The van der Waals surface area contributed by atoms with Crippen LogP contribution in [-0.2, 0) is 0 Å². The number of hydrogen-bond acceptors (Lipinski definition) is 4. The predicted molar refractivity (Wildman–Crippen MR) is 73.3 cm³/mol. The van der Waals surface area contributed by atoms with Crippen molar-refractivity contribution in [3.63, 3.8) is 0 Å². The van der Waals surface area contributed by atoms with Crippen LogP contribution in [0.2, 0.25) is 0 Å². The lowest BCUT2D eigenvalue weighted by Gasteiger charge is -2.30. The topological polar surface area (TPSA) is 55.0 Å². The van der Waals surface area contributed by atoms with Gasteiger partial charge in [0.05, 0.1) is 0 Å². The first-order valence-electron chi connectivity index (χ1n) is 6.36. The van der Waals surface area contributed by atoms with E-state index >= 15 is 0 Å². The molecule has 0 radical (unpaired) electrons. The van der Waals surface area contributed by atoms with E-state index in [1.807, 2.05) is 0 Å². The number of anilines is 2. The minimum absolute atomic E-state index is 0.337. The second-order valence-electron chi connectivity index (χ2n) is 4.94. The first kappa shape index (κ1) is 13.7. The number of nitrogen functional groups attached to an aromatic ring is 1. The van der Waals surface area contributed by atoms with Crippen LogP contribution in [0.5, 0.6) is 0 Å². The van der Waals surface area contributed by atoms with Crippen molar-refractivity contribution in [3.05, 3.63) is 11.9 Å². The maximum absolute atomic E-state index is 5.98. The zero-order valence-electron chi connectivity index (χ0n) is 11.6. The van der Waals surface area contributed by atoms with Gasteiger partial charge in [-0.05, 0) is 26.2 Å². The monoisotopic (exact) mass is 236 g/mol. The van der Waals surface area contributed by atoms with Crippen LogP contribution in [0.4, 0.5) is 11.6 Å². The Balaban J connectivity index is 3.22. The van der Waals surface area contributed by atoms with Gasteiger partial charge in [-0.1, -0.05) is 20.8 Å². The molecule has 4 heteroatoms. The smallest absolute Gasteiger partial charge is 0.137 e. The van der Waals surface area contributed by atoms with Crippen molar-refractivity contribution in [2.75, 3.05) is 17.2 Å². The van der Waals surface area contributed by atoms with Crippen molar-refractivity contribution in [1.82, 2.24) is 9.97 Å². The molecule has 0 bridgehead atoms. The average Bonchev–Trinajstić information content (AvgIpc) is 2.24. The number of nitrogens with two attached hydrogens (primary N) is 1. The van der Waals surface area contributed by atoms with E-state index in [2.05, 4.69) is 49.5 Å². The maximum atomic E-state index is 5.98. The lowest BCUT2D eigenvalue weighted by Crippen LogP contribution is -2.33. The molecule has 0 saturated carbocycles. The van der Waals surface area contributed by atoms with Crippen LogP contribution in [0, 0.1) is 0 Å². The van der Waals surface area contributed by atoms with Crippen molar-refractivity contribution in [2.45, 2.75) is 53.0 Å². The summed E-state index contributed by atoms with van der Waals surface area (Å²) in [7, 11) is 0. The van der Waals surface area contributed by atoms with Crippen molar-refractivity contribution in [2.24, 2.45) is 0 Å². The summed E-state index contributed by atoms with van der Waals surface area (Å²) in [6, 6.07) is 0.418. The Morgan fingerprint density at radius 2 is 1.88 bits per heavy atom. The van der Waals surface area contributed by atoms with Gasteiger partial charge in [0.1, 0.15) is 18.0 Å². The Labute approximate surface area is 104 Å². The van der Waals surface area contributed by atoms with E-state index in [0.717, 1.165) is 24.3 Å². The molecule has 1 aromatic heterocycles. The number of hydrogen-bond donors (Lipinski definition) is 1. The van der Waals surface area contributed by atoms with Crippen molar-refractivity contribution < 1.29 is 0 Å². The number of nitrogens with zero attached hydrogens (tertiary/aromatic N) is 3. The first-order chi connectivity index (χ1) is 7.99. The molecule has 1 rings (SSSR count). The largest absolute Gasteiger partial charge is 0.383 e. The summed E-state index contributed by atoms with van der Waals surface area (Å²) in [6.07, 6.45) is 2.65. The molecule has 0 aliphatic rings. The van der Waals surface area contributed by atoms with Crippen LogP contribution in [0.1, 0.15) is 52.5 Å². The fourth-order valence-corrected chi connectivity index (χ4v) is 2.03. The van der Waals surface area contributed by atoms with Gasteiger partial charge in [0, 0.05) is 18.2 Å². The molecule has 0 amide bonds. The van der Waals surface area contributed by atoms with Crippen molar-refractivity contribution in [1.29, 1.82) is 0 Å². The van der Waals surface area contributed by atoms with E-state index in [-0.39, 0.29) is 0 Å². The van der Waals surface area contributed by atoms with Gasteiger partial charge in [0.25, 0.3) is 0 Å². The maximum Gasteiger partial charge on any atom is 0.137 e. The molecule has 0 spiro atoms. The van der Waals surface area contributed by atoms with Crippen LogP contribution < -0.4 is 10.6 Å². The molecule has 0 aliphatic carbocycles. The van der Waals surface area contributed by atoms with Gasteiger partial charge in [0.2, 0.25) is 0 Å². The van der Waals surface area contributed by atoms with E-state index < -0.39 is 0 Å². The number of aromatic nitrogens is 2. The van der Waals surface area contributed by atoms with E-state index in [1.54, 1.807) is 6.33 Å². The molecule has 4 nitrogen and oxygen atoms in total. The highest BCUT2D eigenvalue weighted by atomic mass is 15.2. The first-order valence-corrected chi connectivity index (χ1v) is 6.36. The standard InChI is InChI=1S/C13H24N4/c1-6-7-17(10(4)5)13-11(9(2)3)12(14)15-8-16-13/h8-10H,6-7H2,1-5H3,(H2,14,15,16). The Hall–Kier alpha value is -1.32. The molecule has 0 aromatic carbocycles. The third-order valence-corrected chi connectivity index (χ3v) is 2.83. The Morgan fingerprint density at radius 1 is 1.24 bits per heavy atom. The molecule has 0 aliphatic heterocycles. The Kier molecular flexibility index (Phi) is 4.73. The summed E-state index contributed by atoms with van der Waals surface area (Å²) in [4.78, 5) is 10.8. The molecule has 2 N–H and O–H groups in total. The lowest BCUT2D eigenvalue weighted by atomic mass is 10.0. The Bertz CT molecular complexity index is 360. The summed E-state index contributed by atoms with van der Waals surface area (Å²) in [5.41, 5.74) is 7.04. The van der Waals surface area contributed by atoms with Crippen LogP contribution >= 0.6 is 0 Å². The molecule has 0 unspecified atom stereocenters. The lowest BCUT2D eigenvalue weighted by molar-refractivity contribution is 0.652. The Morgan fingerprint density at radius 3 is 2.35 bits per heavy atom. The summed E-state index contributed by atoms with van der Waals surface area (Å²) in [5.74, 6) is 1.93. The van der Waals surface area contributed by atoms with Crippen LogP contribution in [0.25, 0.3) is 0 Å². The summed E-state index contributed by atoms with van der Waals surface area (Å²) < 4.78 is 0. The minimum atomic E-state index is 0.337. The summed E-state index contributed by atoms with van der Waals surface area (Å²) in [6.45, 7) is 11.8. The van der Waals surface area contributed by atoms with Crippen molar-refractivity contribution >= 4 is 11.6 Å². The zero-order valence-corrected chi connectivity index (χ0v) is 11.6. The molecule has 1 aromatic rings. The van der Waals surface area contributed by atoms with Gasteiger partial charge in [-0.25, -0.2) is 9.97 Å². The van der Waals surface area contributed by atoms with Gasteiger partial charge in [-0.15, -0.1) is 0 Å². The SMILES string of the molecule is CCCN(c1ncnc(N)c1C(C)C)C(C)C. The molecule has 0 fully saturated rings. The molecular formula is C13H24N4. The van der Waals surface area contributed by atoms with Crippen LogP contribution in [0.15, 0.2) is 6.33 Å². The van der Waals surface area contributed by atoms with E-state index in [1.165, 1.54) is 0 Å². The normalized spacial score (nSPS) is 11.2. The highest BCUT2D eigenvalue weighted by Gasteiger charge is 2.19. The molecule has 1 heterocycles. The van der Waals surface area contributed by atoms with E-state index in [9.17, 15) is 0 Å². The summed E-state index contributed by atoms with van der Waals surface area (Å²) in [5, 5.41) is 0. The predicted octanol–water partition coefficient (Wildman–Crippen LogP) is 2.81. The second kappa shape index (κ2) is 5.84. The second-order valence-corrected chi connectivity index (χ2v) is 4.94. The van der Waals surface area contributed by atoms with Crippen molar-refractivity contribution in [3.8, 4) is 0 Å². The van der Waals surface area contributed by atoms with Gasteiger partial charge < -0.3 is 10.6 Å².